The van der Waals surface area contributed by atoms with Crippen LogP contribution in [-0.4, -0.2) is 36.3 Å². The minimum absolute atomic E-state index is 0.0109. The van der Waals surface area contributed by atoms with Gasteiger partial charge in [-0.3, -0.25) is 4.79 Å². The number of amides is 1. The number of aryl methyl sites for hydroxylation is 2. The number of benzene rings is 2. The van der Waals surface area contributed by atoms with Crippen molar-refractivity contribution in [3.8, 4) is 12.1 Å². The van der Waals surface area contributed by atoms with E-state index in [9.17, 15) is 13.2 Å². The van der Waals surface area contributed by atoms with E-state index in [4.69, 9.17) is 22.1 Å². The standard InChI is InChI=1S/C22H20ClN5O3S2/c1-15-13-17(23)14-19-20(15)27(2)22(32-19)26-21(29)16-5-7-18(8-6-16)33(30,31)28(11-3-9-24)12-4-10-25/h5-8,13-14H,3-4,11-12H2,1-2H3. The number of fused-ring (bicyclic) bond motifs is 1. The van der Waals surface area contributed by atoms with E-state index in [2.05, 4.69) is 4.99 Å². The van der Waals surface area contributed by atoms with Crippen LogP contribution in [0.25, 0.3) is 10.2 Å². The maximum atomic E-state index is 12.9. The first-order valence-electron chi connectivity index (χ1n) is 9.88. The van der Waals surface area contributed by atoms with Crippen molar-refractivity contribution in [1.29, 1.82) is 10.5 Å². The van der Waals surface area contributed by atoms with Gasteiger partial charge >= 0.3 is 0 Å². The van der Waals surface area contributed by atoms with E-state index in [-0.39, 0.29) is 36.4 Å². The van der Waals surface area contributed by atoms with Crippen LogP contribution >= 0.6 is 22.9 Å². The average molecular weight is 502 g/mol. The second-order valence-electron chi connectivity index (χ2n) is 7.17. The Balaban J connectivity index is 1.91. The normalized spacial score (nSPS) is 12.1. The molecule has 0 aliphatic rings. The highest BCUT2D eigenvalue weighted by Crippen LogP contribution is 2.25. The van der Waals surface area contributed by atoms with E-state index >= 15 is 0 Å². The van der Waals surface area contributed by atoms with Crippen molar-refractivity contribution < 1.29 is 13.2 Å². The molecule has 0 saturated heterocycles. The number of halogens is 1. The largest absolute Gasteiger partial charge is 0.319 e. The van der Waals surface area contributed by atoms with Gasteiger partial charge in [0.05, 0.1) is 27.3 Å². The lowest BCUT2D eigenvalue weighted by Crippen LogP contribution is -2.32. The molecule has 0 aliphatic carbocycles. The first-order valence-corrected chi connectivity index (χ1v) is 12.5. The third-order valence-electron chi connectivity index (χ3n) is 4.94. The van der Waals surface area contributed by atoms with Crippen molar-refractivity contribution in [2.24, 2.45) is 12.0 Å². The second-order valence-corrected chi connectivity index (χ2v) is 10.6. The number of carbonyl (C=O) groups is 1. The van der Waals surface area contributed by atoms with Gasteiger partial charge in [0.25, 0.3) is 5.91 Å². The molecule has 11 heteroatoms. The molecular weight excluding hydrogens is 482 g/mol. The van der Waals surface area contributed by atoms with Crippen LogP contribution in [0, 0.1) is 29.6 Å². The molecule has 2 aromatic carbocycles. The number of rotatable bonds is 7. The average Bonchev–Trinajstić information content (AvgIpc) is 3.08. The summed E-state index contributed by atoms with van der Waals surface area (Å²) in [7, 11) is -2.09. The van der Waals surface area contributed by atoms with Gasteiger partial charge in [-0.1, -0.05) is 22.9 Å². The lowest BCUT2D eigenvalue weighted by atomic mass is 10.2. The van der Waals surface area contributed by atoms with Crippen molar-refractivity contribution >= 4 is 49.1 Å². The van der Waals surface area contributed by atoms with Crippen molar-refractivity contribution in [2.45, 2.75) is 24.7 Å². The van der Waals surface area contributed by atoms with Crippen LogP contribution < -0.4 is 4.80 Å². The Labute approximate surface area is 200 Å². The molecule has 1 aromatic heterocycles. The monoisotopic (exact) mass is 501 g/mol. The number of nitriles is 2. The SMILES string of the molecule is Cc1cc(Cl)cc2sc(=NC(=O)c3ccc(S(=O)(=O)N(CCC#N)CCC#N)cc3)n(C)c12. The van der Waals surface area contributed by atoms with Gasteiger partial charge in [0.15, 0.2) is 4.80 Å². The molecule has 3 aromatic rings. The molecule has 33 heavy (non-hydrogen) atoms. The predicted molar refractivity (Wildman–Crippen MR) is 126 cm³/mol. The zero-order valence-corrected chi connectivity index (χ0v) is 20.3. The minimum Gasteiger partial charge on any atom is -0.319 e. The summed E-state index contributed by atoms with van der Waals surface area (Å²) in [5, 5.41) is 18.2. The fourth-order valence-corrected chi connectivity index (χ4v) is 6.26. The zero-order chi connectivity index (χ0) is 24.2. The number of aromatic nitrogens is 1. The second kappa shape index (κ2) is 10.3. The Morgan fingerprint density at radius 3 is 2.33 bits per heavy atom. The van der Waals surface area contributed by atoms with Gasteiger partial charge in [-0.2, -0.15) is 19.8 Å². The Bertz CT molecular complexity index is 1440. The molecule has 8 nitrogen and oxygen atoms in total. The van der Waals surface area contributed by atoms with Crippen LogP contribution in [0.1, 0.15) is 28.8 Å². The maximum absolute atomic E-state index is 12.9. The van der Waals surface area contributed by atoms with Gasteiger partial charge in [0.1, 0.15) is 0 Å². The van der Waals surface area contributed by atoms with E-state index < -0.39 is 15.9 Å². The Morgan fingerprint density at radius 2 is 1.76 bits per heavy atom. The molecule has 0 bridgehead atoms. The van der Waals surface area contributed by atoms with Crippen molar-refractivity contribution in [1.82, 2.24) is 8.87 Å². The minimum atomic E-state index is -3.91. The van der Waals surface area contributed by atoms with Crippen LogP contribution in [-0.2, 0) is 17.1 Å². The number of sulfonamides is 1. The zero-order valence-electron chi connectivity index (χ0n) is 17.9. The number of carbonyl (C=O) groups excluding carboxylic acids is 1. The molecule has 1 heterocycles. The Kier molecular flexibility index (Phi) is 7.67. The van der Waals surface area contributed by atoms with E-state index in [1.807, 2.05) is 42.8 Å². The number of hydrogen-bond acceptors (Lipinski definition) is 6. The van der Waals surface area contributed by atoms with Gasteiger partial charge < -0.3 is 4.57 Å². The van der Waals surface area contributed by atoms with Crippen molar-refractivity contribution in [2.75, 3.05) is 13.1 Å². The summed E-state index contributed by atoms with van der Waals surface area (Å²) in [5.74, 6) is -0.504. The molecule has 0 N–H and O–H groups in total. The summed E-state index contributed by atoms with van der Waals surface area (Å²) in [6.45, 7) is 1.91. The molecular formula is C22H20ClN5O3S2. The van der Waals surface area contributed by atoms with Gasteiger partial charge in [-0.15, -0.1) is 0 Å². The molecule has 0 unspecified atom stereocenters. The summed E-state index contributed by atoms with van der Waals surface area (Å²) >= 11 is 7.47. The molecule has 0 saturated carbocycles. The van der Waals surface area contributed by atoms with E-state index in [1.54, 1.807) is 0 Å². The molecule has 170 valence electrons. The number of thiazole rings is 1. The van der Waals surface area contributed by atoms with Gasteiger partial charge in [0.2, 0.25) is 10.0 Å². The summed E-state index contributed by atoms with van der Waals surface area (Å²) in [6.07, 6.45) is 0.0218. The highest BCUT2D eigenvalue weighted by Gasteiger charge is 2.24. The molecule has 0 atom stereocenters. The summed E-state index contributed by atoms with van der Waals surface area (Å²) < 4.78 is 29.6. The molecule has 0 radical (unpaired) electrons. The van der Waals surface area contributed by atoms with Gasteiger partial charge in [-0.25, -0.2) is 8.42 Å². The molecule has 0 spiro atoms. The molecule has 0 aliphatic heterocycles. The third kappa shape index (κ3) is 5.32. The van der Waals surface area contributed by atoms with Gasteiger partial charge in [-0.05, 0) is 48.9 Å². The third-order valence-corrected chi connectivity index (χ3v) is 8.15. The topological polar surface area (TPSA) is 119 Å². The summed E-state index contributed by atoms with van der Waals surface area (Å²) in [6, 6.07) is 13.0. The number of nitrogens with zero attached hydrogens (tertiary/aromatic N) is 5. The fraction of sp³-hybridized carbons (Fsp3) is 0.273. The molecule has 3 rings (SSSR count). The highest BCUT2D eigenvalue weighted by molar-refractivity contribution is 7.89. The van der Waals surface area contributed by atoms with Crippen molar-refractivity contribution in [3.05, 3.63) is 57.3 Å². The molecule has 1 amide bonds. The van der Waals surface area contributed by atoms with Crippen molar-refractivity contribution in [3.63, 3.8) is 0 Å². The Morgan fingerprint density at radius 1 is 1.15 bits per heavy atom. The number of hydrogen-bond donors (Lipinski definition) is 0. The van der Waals surface area contributed by atoms with E-state index in [1.165, 1.54) is 35.6 Å². The summed E-state index contributed by atoms with van der Waals surface area (Å²) in [5.41, 5.74) is 2.14. The Hall–Kier alpha value is -3.02. The van der Waals surface area contributed by atoms with Crippen LogP contribution in [0.3, 0.4) is 0 Å². The first kappa shape index (κ1) is 24.6. The maximum Gasteiger partial charge on any atom is 0.279 e. The van der Waals surface area contributed by atoms with Crippen LogP contribution in [0.15, 0.2) is 46.3 Å². The van der Waals surface area contributed by atoms with E-state index in [0.717, 1.165) is 20.1 Å². The first-order chi connectivity index (χ1) is 15.7. The summed E-state index contributed by atoms with van der Waals surface area (Å²) in [4.78, 5) is 17.4. The van der Waals surface area contributed by atoms with Crippen LogP contribution in [0.5, 0.6) is 0 Å². The fourth-order valence-electron chi connectivity index (χ4n) is 3.34. The quantitative estimate of drug-likeness (QED) is 0.488. The lowest BCUT2D eigenvalue weighted by Gasteiger charge is -2.20. The van der Waals surface area contributed by atoms with Crippen LogP contribution in [0.4, 0.5) is 0 Å². The van der Waals surface area contributed by atoms with E-state index in [0.29, 0.717) is 9.82 Å². The van der Waals surface area contributed by atoms with Crippen LogP contribution in [0.2, 0.25) is 5.02 Å². The highest BCUT2D eigenvalue weighted by atomic mass is 35.5. The predicted octanol–water partition coefficient (Wildman–Crippen LogP) is 3.76. The lowest BCUT2D eigenvalue weighted by molar-refractivity contribution is 0.0998. The smallest absolute Gasteiger partial charge is 0.279 e. The molecule has 0 fully saturated rings. The van der Waals surface area contributed by atoms with Gasteiger partial charge in [0, 0.05) is 43.6 Å².